The summed E-state index contributed by atoms with van der Waals surface area (Å²) in [5, 5.41) is 25.6. The van der Waals surface area contributed by atoms with Crippen LogP contribution < -0.4 is 10.6 Å². The third-order valence-corrected chi connectivity index (χ3v) is 4.79. The van der Waals surface area contributed by atoms with Crippen LogP contribution in [0, 0.1) is 5.41 Å². The second-order valence-electron chi connectivity index (χ2n) is 6.21. The van der Waals surface area contributed by atoms with Gasteiger partial charge >= 0.3 is 11.9 Å². The molecule has 0 spiro atoms. The van der Waals surface area contributed by atoms with Crippen molar-refractivity contribution in [2.75, 3.05) is 4.90 Å². The van der Waals surface area contributed by atoms with Crippen molar-refractivity contribution >= 4 is 35.1 Å². The van der Waals surface area contributed by atoms with E-state index in [-0.39, 0.29) is 5.96 Å². The van der Waals surface area contributed by atoms with Crippen LogP contribution in [0.2, 0.25) is 0 Å². The van der Waals surface area contributed by atoms with Gasteiger partial charge < -0.3 is 15.9 Å². The summed E-state index contributed by atoms with van der Waals surface area (Å²) in [5.74, 6) is -1.77. The molecule has 0 saturated heterocycles. The number of carbonyl (C=O) groups is 2. The highest BCUT2D eigenvalue weighted by Crippen LogP contribution is 2.24. The Morgan fingerprint density at radius 2 is 1.71 bits per heavy atom. The summed E-state index contributed by atoms with van der Waals surface area (Å²) in [4.78, 5) is 26.6. The van der Waals surface area contributed by atoms with Crippen LogP contribution >= 0.6 is 11.3 Å². The van der Waals surface area contributed by atoms with Crippen molar-refractivity contribution in [2.45, 2.75) is 13.0 Å². The van der Waals surface area contributed by atoms with E-state index in [0.717, 1.165) is 23.4 Å². The highest BCUT2D eigenvalue weighted by atomic mass is 32.1. The van der Waals surface area contributed by atoms with Gasteiger partial charge in [0.1, 0.15) is 5.82 Å². The number of nitrogens with one attached hydrogen (secondary N) is 1. The second kappa shape index (κ2) is 11.9. The van der Waals surface area contributed by atoms with Gasteiger partial charge in [0, 0.05) is 35.2 Å². The Balaban J connectivity index is 0.000000366. The number of carboxylic acid groups (broad SMARTS) is 2. The van der Waals surface area contributed by atoms with Gasteiger partial charge in [0.05, 0.1) is 6.54 Å². The minimum Gasteiger partial charge on any atom is -0.478 e. The summed E-state index contributed by atoms with van der Waals surface area (Å²) in [7, 11) is 0. The third kappa shape index (κ3) is 8.11. The molecule has 3 aromatic rings. The van der Waals surface area contributed by atoms with Crippen molar-refractivity contribution in [3.05, 3.63) is 94.3 Å². The molecule has 1 aromatic carbocycles. The van der Waals surface area contributed by atoms with Gasteiger partial charge in [-0.2, -0.15) is 0 Å². The van der Waals surface area contributed by atoms with E-state index in [4.69, 9.17) is 21.4 Å². The molecule has 5 N–H and O–H groups in total. The maximum Gasteiger partial charge on any atom is 0.328 e. The van der Waals surface area contributed by atoms with E-state index in [9.17, 15) is 9.59 Å². The number of carboxylic acids is 2. The first-order chi connectivity index (χ1) is 14.9. The molecule has 0 atom stereocenters. The Bertz CT molecular complexity index is 1020. The molecule has 0 fully saturated rings. The molecule has 0 aliphatic carbocycles. The Kier molecular flexibility index (Phi) is 8.93. The average molecular weight is 439 g/mol. The Hall–Kier alpha value is -3.98. The minimum atomic E-state index is -1.26. The van der Waals surface area contributed by atoms with Gasteiger partial charge in [-0.3, -0.25) is 10.3 Å². The number of benzene rings is 1. The number of anilines is 1. The maximum absolute atomic E-state index is 9.55. The fourth-order valence-corrected chi connectivity index (χ4v) is 3.32. The number of aliphatic carboxylic acids is 2. The molecule has 0 unspecified atom stereocenters. The van der Waals surface area contributed by atoms with Crippen molar-refractivity contribution in [3.8, 4) is 0 Å². The number of thiophene rings is 1. The van der Waals surface area contributed by atoms with Crippen LogP contribution in [0.4, 0.5) is 5.82 Å². The quantitative estimate of drug-likeness (QED) is 0.252. The standard InChI is InChI=1S/C18H18N4S.C4H4O4/c19-18(20)22(13-14-6-2-1-3-7-14)17-15(8-4-10-21-17)12-16-9-5-11-23-16;5-3(6)1-2-4(7)8/h1-11H,12-13H2,(H3,19,20);1-2H,(H,5,6)(H,7,8)/b;2-1-. The molecule has 0 aliphatic heterocycles. The SMILES string of the molecule is N=C(N)N(Cc1ccccc1)c1ncccc1Cc1cccs1.O=C(O)/C=C\C(=O)O. The van der Waals surface area contributed by atoms with Crippen molar-refractivity contribution in [2.24, 2.45) is 5.73 Å². The molecule has 160 valence electrons. The molecule has 0 radical (unpaired) electrons. The maximum atomic E-state index is 9.55. The van der Waals surface area contributed by atoms with Crippen LogP contribution in [0.3, 0.4) is 0 Å². The van der Waals surface area contributed by atoms with Gasteiger partial charge in [-0.15, -0.1) is 11.3 Å². The van der Waals surface area contributed by atoms with E-state index in [1.54, 1.807) is 22.4 Å². The van der Waals surface area contributed by atoms with Crippen LogP contribution in [-0.4, -0.2) is 33.1 Å². The number of rotatable bonds is 7. The lowest BCUT2D eigenvalue weighted by Gasteiger charge is -2.24. The normalized spacial score (nSPS) is 10.2. The average Bonchev–Trinajstić information content (AvgIpc) is 3.25. The number of nitrogens with zero attached hydrogens (tertiary/aromatic N) is 2. The number of nitrogens with two attached hydrogens (primary N) is 1. The molecule has 9 heteroatoms. The lowest BCUT2D eigenvalue weighted by atomic mass is 10.1. The first kappa shape index (κ1) is 23.3. The first-order valence-corrected chi connectivity index (χ1v) is 10.0. The molecule has 0 bridgehead atoms. The number of hydrogen-bond donors (Lipinski definition) is 4. The highest BCUT2D eigenvalue weighted by Gasteiger charge is 2.16. The van der Waals surface area contributed by atoms with Gasteiger partial charge in [0.15, 0.2) is 5.96 Å². The van der Waals surface area contributed by atoms with Crippen molar-refractivity contribution in [3.63, 3.8) is 0 Å². The van der Waals surface area contributed by atoms with E-state index in [1.165, 1.54) is 4.88 Å². The van der Waals surface area contributed by atoms with Gasteiger partial charge in [0.2, 0.25) is 0 Å². The zero-order valence-electron chi connectivity index (χ0n) is 16.5. The van der Waals surface area contributed by atoms with E-state index < -0.39 is 11.9 Å². The number of guanidine groups is 1. The molecule has 3 rings (SSSR count). The Morgan fingerprint density at radius 3 is 2.26 bits per heavy atom. The summed E-state index contributed by atoms with van der Waals surface area (Å²) >= 11 is 1.72. The lowest BCUT2D eigenvalue weighted by molar-refractivity contribution is -0.134. The molecular formula is C22H22N4O4S. The smallest absolute Gasteiger partial charge is 0.328 e. The van der Waals surface area contributed by atoms with Crippen LogP contribution in [-0.2, 0) is 22.6 Å². The zero-order valence-corrected chi connectivity index (χ0v) is 17.3. The topological polar surface area (TPSA) is 141 Å². The Labute approximate surface area is 183 Å². The molecule has 8 nitrogen and oxygen atoms in total. The summed E-state index contributed by atoms with van der Waals surface area (Å²) in [5.41, 5.74) is 7.99. The largest absolute Gasteiger partial charge is 0.478 e. The number of hydrogen-bond acceptors (Lipinski definition) is 5. The molecule has 0 aliphatic rings. The Morgan fingerprint density at radius 1 is 1.03 bits per heavy atom. The summed E-state index contributed by atoms with van der Waals surface area (Å²) in [6.07, 6.45) is 3.65. The molecule has 2 aromatic heterocycles. The molecule has 31 heavy (non-hydrogen) atoms. The van der Waals surface area contributed by atoms with Crippen LogP contribution in [0.15, 0.2) is 78.3 Å². The van der Waals surface area contributed by atoms with E-state index in [2.05, 4.69) is 16.4 Å². The summed E-state index contributed by atoms with van der Waals surface area (Å²) in [6, 6.07) is 18.1. The zero-order chi connectivity index (χ0) is 22.6. The van der Waals surface area contributed by atoms with Crippen LogP contribution in [0.25, 0.3) is 0 Å². The van der Waals surface area contributed by atoms with Crippen molar-refractivity contribution in [1.82, 2.24) is 4.98 Å². The molecule has 2 heterocycles. The van der Waals surface area contributed by atoms with E-state index in [1.807, 2.05) is 48.5 Å². The minimum absolute atomic E-state index is 0.0000161. The van der Waals surface area contributed by atoms with Crippen molar-refractivity contribution < 1.29 is 19.8 Å². The number of pyridine rings is 1. The molecule has 0 saturated carbocycles. The van der Waals surface area contributed by atoms with Crippen LogP contribution in [0.5, 0.6) is 0 Å². The van der Waals surface area contributed by atoms with Gasteiger partial charge in [-0.25, -0.2) is 14.6 Å². The summed E-state index contributed by atoms with van der Waals surface area (Å²) in [6.45, 7) is 0.532. The first-order valence-electron chi connectivity index (χ1n) is 9.12. The predicted molar refractivity (Wildman–Crippen MR) is 120 cm³/mol. The second-order valence-corrected chi connectivity index (χ2v) is 7.24. The lowest BCUT2D eigenvalue weighted by Crippen LogP contribution is -2.37. The molecule has 0 amide bonds. The van der Waals surface area contributed by atoms with Crippen LogP contribution in [0.1, 0.15) is 16.0 Å². The van der Waals surface area contributed by atoms with Gasteiger partial charge in [-0.05, 0) is 23.1 Å². The third-order valence-electron chi connectivity index (χ3n) is 3.91. The fourth-order valence-electron chi connectivity index (χ4n) is 2.59. The van der Waals surface area contributed by atoms with E-state index >= 15 is 0 Å². The number of aromatic nitrogens is 1. The fraction of sp³-hybridized carbons (Fsp3) is 0.0909. The highest BCUT2D eigenvalue weighted by molar-refractivity contribution is 7.09. The van der Waals surface area contributed by atoms with Crippen molar-refractivity contribution in [1.29, 1.82) is 5.41 Å². The molecular weight excluding hydrogens is 416 g/mol. The van der Waals surface area contributed by atoms with Gasteiger partial charge in [-0.1, -0.05) is 42.5 Å². The predicted octanol–water partition coefficient (Wildman–Crippen LogP) is 3.35. The summed E-state index contributed by atoms with van der Waals surface area (Å²) < 4.78 is 0. The van der Waals surface area contributed by atoms with Gasteiger partial charge in [0.25, 0.3) is 0 Å². The monoisotopic (exact) mass is 438 g/mol. The van der Waals surface area contributed by atoms with E-state index in [0.29, 0.717) is 18.7 Å².